The lowest BCUT2D eigenvalue weighted by Crippen LogP contribution is -2.52. The van der Waals surface area contributed by atoms with E-state index in [9.17, 15) is 23.6 Å². The maximum Gasteiger partial charge on any atom is 0.278 e. The Morgan fingerprint density at radius 3 is 2.19 bits per heavy atom. The van der Waals surface area contributed by atoms with E-state index in [0.717, 1.165) is 24.0 Å². The first-order valence-electron chi connectivity index (χ1n) is 8.10. The highest BCUT2D eigenvalue weighted by Gasteiger charge is 2.35. The molecule has 1 saturated heterocycles. The first-order valence-corrected chi connectivity index (χ1v) is 8.10. The molecule has 1 aliphatic rings. The number of Topliss-reactive ketones (excluding diaryl/α,β-unsaturated/α-hetero) is 1. The van der Waals surface area contributed by atoms with Crippen molar-refractivity contribution < 1.29 is 23.6 Å². The van der Waals surface area contributed by atoms with Crippen LogP contribution in [0.5, 0.6) is 0 Å². The maximum absolute atomic E-state index is 13.2. The molecule has 1 aliphatic heterocycles. The molecule has 136 valence electrons. The second-order valence-corrected chi connectivity index (χ2v) is 5.91. The van der Waals surface area contributed by atoms with Gasteiger partial charge in [-0.3, -0.25) is 24.1 Å². The summed E-state index contributed by atoms with van der Waals surface area (Å²) in [5, 5.41) is 2.41. The number of nitrogens with one attached hydrogen (secondary N) is 1. The first-order chi connectivity index (χ1) is 12.9. The fourth-order valence-electron chi connectivity index (χ4n) is 2.75. The summed E-state index contributed by atoms with van der Waals surface area (Å²) in [5.74, 6) is -3.04. The number of nitrogens with zero attached hydrogens (tertiary/aromatic N) is 1. The van der Waals surface area contributed by atoms with Crippen molar-refractivity contribution in [1.82, 2.24) is 10.2 Å². The highest BCUT2D eigenvalue weighted by atomic mass is 19.1. The van der Waals surface area contributed by atoms with Gasteiger partial charge in [-0.1, -0.05) is 30.3 Å². The molecule has 0 aliphatic carbocycles. The van der Waals surface area contributed by atoms with E-state index in [0.29, 0.717) is 5.56 Å². The maximum atomic E-state index is 13.2. The summed E-state index contributed by atoms with van der Waals surface area (Å²) in [6, 6.07) is 13.1. The number of benzene rings is 2. The van der Waals surface area contributed by atoms with Gasteiger partial charge >= 0.3 is 0 Å². The Balaban J connectivity index is 2.20. The predicted molar refractivity (Wildman–Crippen MR) is 94.6 cm³/mol. The van der Waals surface area contributed by atoms with Gasteiger partial charge in [0.25, 0.3) is 5.91 Å². The minimum absolute atomic E-state index is 0.0634. The Hall–Kier alpha value is -3.61. The smallest absolute Gasteiger partial charge is 0.278 e. The highest BCUT2D eigenvalue weighted by molar-refractivity contribution is 6.34. The Bertz CT molecular complexity index is 965. The molecular formula is C20H15FN2O4. The van der Waals surface area contributed by atoms with Crippen molar-refractivity contribution >= 4 is 29.1 Å². The SMILES string of the molecule is CC(=O)N1CC(=O)N/C(=C(\C(=O)c2ccc(F)cc2)c2ccccc2)C1=O. The monoisotopic (exact) mass is 366 g/mol. The lowest BCUT2D eigenvalue weighted by atomic mass is 9.93. The van der Waals surface area contributed by atoms with E-state index in [1.165, 1.54) is 12.1 Å². The van der Waals surface area contributed by atoms with Crippen molar-refractivity contribution in [2.24, 2.45) is 0 Å². The topological polar surface area (TPSA) is 83.6 Å². The van der Waals surface area contributed by atoms with Gasteiger partial charge in [0.2, 0.25) is 11.8 Å². The number of ketones is 1. The molecule has 0 radical (unpaired) electrons. The molecule has 2 aromatic carbocycles. The van der Waals surface area contributed by atoms with Crippen LogP contribution in [0.1, 0.15) is 22.8 Å². The average molecular weight is 366 g/mol. The summed E-state index contributed by atoms with van der Waals surface area (Å²) in [7, 11) is 0. The summed E-state index contributed by atoms with van der Waals surface area (Å²) in [6.45, 7) is 0.753. The van der Waals surface area contributed by atoms with Gasteiger partial charge in [0.1, 0.15) is 18.1 Å². The third kappa shape index (κ3) is 3.67. The van der Waals surface area contributed by atoms with E-state index in [1.807, 2.05) is 0 Å². The normalized spacial score (nSPS) is 16.0. The van der Waals surface area contributed by atoms with Crippen molar-refractivity contribution in [3.8, 4) is 0 Å². The van der Waals surface area contributed by atoms with Gasteiger partial charge in [-0.25, -0.2) is 4.39 Å². The number of hydrogen-bond acceptors (Lipinski definition) is 4. The number of piperazine rings is 1. The Morgan fingerprint density at radius 2 is 1.59 bits per heavy atom. The molecule has 6 nitrogen and oxygen atoms in total. The molecule has 0 aromatic heterocycles. The molecule has 0 saturated carbocycles. The van der Waals surface area contributed by atoms with Gasteiger partial charge in [0.15, 0.2) is 5.78 Å². The summed E-state index contributed by atoms with van der Waals surface area (Å²) < 4.78 is 13.2. The lowest BCUT2D eigenvalue weighted by Gasteiger charge is -2.27. The van der Waals surface area contributed by atoms with Crippen LogP contribution in [-0.2, 0) is 14.4 Å². The van der Waals surface area contributed by atoms with E-state index in [1.54, 1.807) is 30.3 Å². The van der Waals surface area contributed by atoms with E-state index >= 15 is 0 Å². The van der Waals surface area contributed by atoms with E-state index in [2.05, 4.69) is 5.32 Å². The zero-order valence-corrected chi connectivity index (χ0v) is 14.4. The molecule has 0 atom stereocenters. The molecular weight excluding hydrogens is 351 g/mol. The quantitative estimate of drug-likeness (QED) is 0.665. The Kier molecular flexibility index (Phi) is 4.94. The van der Waals surface area contributed by atoms with E-state index in [4.69, 9.17) is 0 Å². The standard InChI is InChI=1S/C20H15FN2O4/c1-12(24)23-11-16(25)22-18(20(23)27)17(13-5-3-2-4-6-13)19(26)14-7-9-15(21)10-8-14/h2-10H,11H2,1H3,(H,22,25)/b18-17-. The number of amides is 3. The molecule has 1 heterocycles. The van der Waals surface area contributed by atoms with Crippen LogP contribution in [0.15, 0.2) is 60.3 Å². The molecule has 3 amide bonds. The van der Waals surface area contributed by atoms with Crippen LogP contribution in [0.4, 0.5) is 4.39 Å². The van der Waals surface area contributed by atoms with Crippen LogP contribution in [0.3, 0.4) is 0 Å². The van der Waals surface area contributed by atoms with Gasteiger partial charge in [0.05, 0.1) is 5.57 Å². The summed E-state index contributed by atoms with van der Waals surface area (Å²) in [4.78, 5) is 50.3. The molecule has 7 heteroatoms. The van der Waals surface area contributed by atoms with Crippen molar-refractivity contribution in [2.45, 2.75) is 6.92 Å². The van der Waals surface area contributed by atoms with Crippen LogP contribution in [0.2, 0.25) is 0 Å². The van der Waals surface area contributed by atoms with Crippen molar-refractivity contribution in [1.29, 1.82) is 0 Å². The minimum atomic E-state index is -0.767. The lowest BCUT2D eigenvalue weighted by molar-refractivity contribution is -0.147. The number of allylic oxidation sites excluding steroid dienone is 1. The molecule has 1 N–H and O–H groups in total. The van der Waals surface area contributed by atoms with Crippen LogP contribution >= 0.6 is 0 Å². The summed E-state index contributed by atoms with van der Waals surface area (Å²) >= 11 is 0. The van der Waals surface area contributed by atoms with Gasteiger partial charge in [-0.05, 0) is 29.8 Å². The minimum Gasteiger partial charge on any atom is -0.319 e. The highest BCUT2D eigenvalue weighted by Crippen LogP contribution is 2.25. The second kappa shape index (κ2) is 7.33. The summed E-state index contributed by atoms with van der Waals surface area (Å²) in [5.41, 5.74) is 0.194. The molecule has 27 heavy (non-hydrogen) atoms. The molecule has 0 bridgehead atoms. The molecule has 0 unspecified atom stereocenters. The Morgan fingerprint density at radius 1 is 0.963 bits per heavy atom. The van der Waals surface area contributed by atoms with Crippen LogP contribution in [0, 0.1) is 5.82 Å². The third-order valence-electron chi connectivity index (χ3n) is 4.05. The van der Waals surface area contributed by atoms with Crippen molar-refractivity contribution in [3.63, 3.8) is 0 Å². The number of hydrogen-bond donors (Lipinski definition) is 1. The average Bonchev–Trinajstić information content (AvgIpc) is 2.65. The van der Waals surface area contributed by atoms with Crippen molar-refractivity contribution in [3.05, 3.63) is 77.2 Å². The predicted octanol–water partition coefficient (Wildman–Crippen LogP) is 1.92. The number of carbonyl (C=O) groups is 4. The molecule has 0 spiro atoms. The van der Waals surface area contributed by atoms with E-state index < -0.39 is 35.9 Å². The largest absolute Gasteiger partial charge is 0.319 e. The third-order valence-corrected chi connectivity index (χ3v) is 4.05. The zero-order valence-electron chi connectivity index (χ0n) is 14.4. The molecule has 3 rings (SSSR count). The van der Waals surface area contributed by atoms with Gasteiger partial charge in [0, 0.05) is 12.5 Å². The second-order valence-electron chi connectivity index (χ2n) is 5.91. The van der Waals surface area contributed by atoms with Gasteiger partial charge in [-0.15, -0.1) is 0 Å². The zero-order chi connectivity index (χ0) is 19.6. The van der Waals surface area contributed by atoms with Crippen molar-refractivity contribution in [2.75, 3.05) is 6.54 Å². The first kappa shape index (κ1) is 18.2. The number of imide groups is 1. The van der Waals surface area contributed by atoms with E-state index in [-0.39, 0.29) is 16.8 Å². The number of carbonyl (C=O) groups excluding carboxylic acids is 4. The van der Waals surface area contributed by atoms with Gasteiger partial charge < -0.3 is 5.32 Å². The molecule has 1 fully saturated rings. The molecule has 2 aromatic rings. The number of rotatable bonds is 3. The number of halogens is 1. The summed E-state index contributed by atoms with van der Waals surface area (Å²) in [6.07, 6.45) is 0. The Labute approximate surface area is 154 Å². The van der Waals surface area contributed by atoms with Crippen LogP contribution in [-0.4, -0.2) is 34.9 Å². The van der Waals surface area contributed by atoms with Crippen LogP contribution < -0.4 is 5.32 Å². The fourth-order valence-corrected chi connectivity index (χ4v) is 2.75. The van der Waals surface area contributed by atoms with Gasteiger partial charge in [-0.2, -0.15) is 0 Å². The van der Waals surface area contributed by atoms with Crippen LogP contribution in [0.25, 0.3) is 5.57 Å². The fraction of sp³-hybridized carbons (Fsp3) is 0.100.